The first-order chi connectivity index (χ1) is 9.85. The number of anilines is 2. The lowest BCUT2D eigenvalue weighted by molar-refractivity contribution is 0.0697. The molecule has 0 unspecified atom stereocenters. The molecular formula is C14H14F2N2O3. The Bertz CT molecular complexity index is 648. The summed E-state index contributed by atoms with van der Waals surface area (Å²) in [6.07, 6.45) is 0. The number of hydrogen-bond donors (Lipinski definition) is 4. The van der Waals surface area contributed by atoms with E-state index in [9.17, 15) is 13.6 Å². The molecule has 2 aromatic rings. The molecule has 0 amide bonds. The zero-order valence-corrected chi connectivity index (χ0v) is 10.9. The Morgan fingerprint density at radius 1 is 1.00 bits per heavy atom. The van der Waals surface area contributed by atoms with Crippen molar-refractivity contribution < 1.29 is 23.8 Å². The summed E-state index contributed by atoms with van der Waals surface area (Å²) in [5, 5.41) is 17.0. The molecule has 0 saturated heterocycles. The molecular weight excluding hydrogens is 282 g/mol. The van der Waals surface area contributed by atoms with Gasteiger partial charge in [0.05, 0.1) is 23.5 Å². The molecule has 0 fully saturated rings. The van der Waals surface area contributed by atoms with E-state index in [1.54, 1.807) is 0 Å². The minimum atomic E-state index is -1.11. The van der Waals surface area contributed by atoms with Gasteiger partial charge in [0.25, 0.3) is 0 Å². The van der Waals surface area contributed by atoms with Crippen LogP contribution in [0, 0.1) is 11.6 Å². The molecule has 21 heavy (non-hydrogen) atoms. The van der Waals surface area contributed by atoms with Crippen LogP contribution < -0.4 is 11.5 Å². The molecule has 0 atom stereocenters. The molecule has 2 aromatic carbocycles. The minimum Gasteiger partial charge on any atom is -0.478 e. The lowest BCUT2D eigenvalue weighted by Gasteiger charge is -1.97. The molecule has 112 valence electrons. The van der Waals surface area contributed by atoms with Gasteiger partial charge in [-0.1, -0.05) is 6.07 Å². The van der Waals surface area contributed by atoms with Gasteiger partial charge >= 0.3 is 5.97 Å². The molecule has 0 spiro atoms. The van der Waals surface area contributed by atoms with Crippen LogP contribution in [0.15, 0.2) is 36.4 Å². The van der Waals surface area contributed by atoms with E-state index in [2.05, 4.69) is 0 Å². The van der Waals surface area contributed by atoms with Crippen LogP contribution in [-0.2, 0) is 6.61 Å². The maximum absolute atomic E-state index is 12.4. The van der Waals surface area contributed by atoms with Gasteiger partial charge in [-0.05, 0) is 35.9 Å². The van der Waals surface area contributed by atoms with Gasteiger partial charge in [-0.25, -0.2) is 13.6 Å². The molecule has 0 bridgehead atoms. The Kier molecular flexibility index (Phi) is 5.62. The minimum absolute atomic E-state index is 0.0103. The molecule has 0 aliphatic heterocycles. The van der Waals surface area contributed by atoms with Crippen LogP contribution in [0.25, 0.3) is 0 Å². The number of aliphatic hydroxyl groups excluding tert-OH is 1. The van der Waals surface area contributed by atoms with Crippen molar-refractivity contribution in [2.75, 3.05) is 11.5 Å². The van der Waals surface area contributed by atoms with Crippen LogP contribution in [0.4, 0.5) is 20.2 Å². The molecule has 0 aliphatic carbocycles. The van der Waals surface area contributed by atoms with Crippen LogP contribution in [0.5, 0.6) is 0 Å². The van der Waals surface area contributed by atoms with Gasteiger partial charge in [0.1, 0.15) is 11.6 Å². The highest BCUT2D eigenvalue weighted by molar-refractivity contribution is 5.88. The summed E-state index contributed by atoms with van der Waals surface area (Å²) >= 11 is 0. The van der Waals surface area contributed by atoms with Crippen molar-refractivity contribution in [3.63, 3.8) is 0 Å². The Morgan fingerprint density at radius 3 is 1.95 bits per heavy atom. The second-order valence-electron chi connectivity index (χ2n) is 4.06. The van der Waals surface area contributed by atoms with Crippen LogP contribution in [0.2, 0.25) is 0 Å². The van der Waals surface area contributed by atoms with Crippen molar-refractivity contribution >= 4 is 17.3 Å². The van der Waals surface area contributed by atoms with Gasteiger partial charge in [0.2, 0.25) is 0 Å². The number of hydrogen-bond acceptors (Lipinski definition) is 4. The number of carboxylic acid groups (broad SMARTS) is 1. The number of carbonyl (C=O) groups is 1. The number of nitrogens with two attached hydrogens (primary N) is 2. The first-order valence-electron chi connectivity index (χ1n) is 5.78. The van der Waals surface area contributed by atoms with E-state index in [1.807, 2.05) is 0 Å². The van der Waals surface area contributed by atoms with Crippen LogP contribution in [0.3, 0.4) is 0 Å². The zero-order chi connectivity index (χ0) is 16.0. The number of benzene rings is 2. The fraction of sp³-hybridized carbons (Fsp3) is 0.0714. The second-order valence-corrected chi connectivity index (χ2v) is 4.06. The smallest absolute Gasteiger partial charge is 0.335 e. The first kappa shape index (κ1) is 16.4. The third-order valence-corrected chi connectivity index (χ3v) is 2.49. The van der Waals surface area contributed by atoms with E-state index in [0.29, 0.717) is 5.56 Å². The third-order valence-electron chi connectivity index (χ3n) is 2.49. The molecule has 6 N–H and O–H groups in total. The van der Waals surface area contributed by atoms with Crippen LogP contribution in [-0.4, -0.2) is 16.2 Å². The molecule has 0 radical (unpaired) electrons. The van der Waals surface area contributed by atoms with Gasteiger partial charge in [0, 0.05) is 0 Å². The average molecular weight is 296 g/mol. The van der Waals surface area contributed by atoms with Crippen molar-refractivity contribution in [1.29, 1.82) is 0 Å². The van der Waals surface area contributed by atoms with Crippen molar-refractivity contribution in [3.05, 3.63) is 59.2 Å². The SMILES string of the molecule is Nc1cc(C(=O)O)ccc1F.Nc1cc(CO)ccc1F. The van der Waals surface area contributed by atoms with E-state index >= 15 is 0 Å². The monoisotopic (exact) mass is 296 g/mol. The molecule has 7 heteroatoms. The van der Waals surface area contributed by atoms with Crippen molar-refractivity contribution in [2.45, 2.75) is 6.61 Å². The first-order valence-corrected chi connectivity index (χ1v) is 5.78. The van der Waals surface area contributed by atoms with E-state index in [1.165, 1.54) is 18.2 Å². The van der Waals surface area contributed by atoms with E-state index < -0.39 is 17.6 Å². The van der Waals surface area contributed by atoms with Crippen LogP contribution >= 0.6 is 0 Å². The lowest BCUT2D eigenvalue weighted by Crippen LogP contribution is -1.99. The highest BCUT2D eigenvalue weighted by Gasteiger charge is 2.04. The topological polar surface area (TPSA) is 110 Å². The number of halogens is 2. The highest BCUT2D eigenvalue weighted by Crippen LogP contribution is 2.12. The predicted octanol–water partition coefficient (Wildman–Crippen LogP) is 2.01. The fourth-order valence-corrected chi connectivity index (χ4v) is 1.37. The Balaban J connectivity index is 0.000000211. The maximum atomic E-state index is 12.4. The largest absolute Gasteiger partial charge is 0.478 e. The summed E-state index contributed by atoms with van der Waals surface area (Å²) in [6.45, 7) is -0.107. The molecule has 0 saturated carbocycles. The highest BCUT2D eigenvalue weighted by atomic mass is 19.1. The summed E-state index contributed by atoms with van der Waals surface area (Å²) in [5.41, 5.74) is 10.9. The molecule has 0 aromatic heterocycles. The zero-order valence-electron chi connectivity index (χ0n) is 10.9. The van der Waals surface area contributed by atoms with Crippen molar-refractivity contribution in [2.24, 2.45) is 0 Å². The molecule has 0 aliphatic rings. The van der Waals surface area contributed by atoms with Gasteiger partial charge in [-0.3, -0.25) is 0 Å². The van der Waals surface area contributed by atoms with Gasteiger partial charge in [0.15, 0.2) is 0 Å². The quantitative estimate of drug-likeness (QED) is 0.634. The Morgan fingerprint density at radius 2 is 1.52 bits per heavy atom. The standard InChI is InChI=1S/C7H6FNO2.C7H8FNO/c8-5-2-1-4(7(10)11)3-6(5)9;8-6-2-1-5(4-10)3-7(6)9/h1-3H,9H2,(H,10,11);1-3,10H,4,9H2. The summed E-state index contributed by atoms with van der Waals surface area (Å²) in [7, 11) is 0. The molecule has 2 rings (SSSR count). The summed E-state index contributed by atoms with van der Waals surface area (Å²) in [4.78, 5) is 10.3. The Labute approximate surface area is 119 Å². The predicted molar refractivity (Wildman–Crippen MR) is 74.5 cm³/mol. The lowest BCUT2D eigenvalue weighted by atomic mass is 10.2. The molecule has 0 heterocycles. The molecule has 5 nitrogen and oxygen atoms in total. The Hall–Kier alpha value is -2.67. The number of carboxylic acids is 1. The fourth-order valence-electron chi connectivity index (χ4n) is 1.37. The summed E-state index contributed by atoms with van der Waals surface area (Å²) in [6, 6.07) is 7.41. The van der Waals surface area contributed by atoms with Crippen molar-refractivity contribution in [1.82, 2.24) is 0 Å². The van der Waals surface area contributed by atoms with E-state index in [4.69, 9.17) is 21.7 Å². The van der Waals surface area contributed by atoms with Crippen molar-refractivity contribution in [3.8, 4) is 0 Å². The van der Waals surface area contributed by atoms with Crippen LogP contribution in [0.1, 0.15) is 15.9 Å². The van der Waals surface area contributed by atoms with Gasteiger partial charge in [-0.2, -0.15) is 0 Å². The summed E-state index contributed by atoms with van der Waals surface area (Å²) in [5.74, 6) is -2.16. The average Bonchev–Trinajstić information content (AvgIpc) is 2.45. The summed E-state index contributed by atoms with van der Waals surface area (Å²) < 4.78 is 24.9. The van der Waals surface area contributed by atoms with Gasteiger partial charge < -0.3 is 21.7 Å². The normalized spacial score (nSPS) is 9.67. The number of aromatic carboxylic acids is 1. The third kappa shape index (κ3) is 4.73. The second kappa shape index (κ2) is 7.20. The number of rotatable bonds is 2. The van der Waals surface area contributed by atoms with E-state index in [0.717, 1.165) is 18.2 Å². The van der Waals surface area contributed by atoms with Gasteiger partial charge in [-0.15, -0.1) is 0 Å². The maximum Gasteiger partial charge on any atom is 0.335 e. The van der Waals surface area contributed by atoms with E-state index in [-0.39, 0.29) is 23.5 Å². The number of nitrogen functional groups attached to an aromatic ring is 2. The number of aliphatic hydroxyl groups is 1.